The maximum Gasteiger partial charge on any atom is 0.193 e. The summed E-state index contributed by atoms with van der Waals surface area (Å²) in [6, 6.07) is 0. The van der Waals surface area contributed by atoms with Crippen LogP contribution in [0.5, 0.6) is 0 Å². The Labute approximate surface area is 169 Å². The first kappa shape index (κ1) is 20.3. The van der Waals surface area contributed by atoms with Crippen molar-refractivity contribution in [1.29, 1.82) is 0 Å². The van der Waals surface area contributed by atoms with Gasteiger partial charge in [0, 0.05) is 45.3 Å². The molecule has 140 valence electrons. The summed E-state index contributed by atoms with van der Waals surface area (Å²) in [5.74, 6) is 1.66. The molecule has 0 saturated carbocycles. The number of aromatic nitrogens is 2. The predicted molar refractivity (Wildman–Crippen MR) is 115 cm³/mol. The van der Waals surface area contributed by atoms with E-state index >= 15 is 0 Å². The first-order valence-corrected chi connectivity index (χ1v) is 9.46. The zero-order valence-corrected chi connectivity index (χ0v) is 17.9. The van der Waals surface area contributed by atoms with Crippen molar-refractivity contribution in [2.45, 2.75) is 51.4 Å². The molecule has 5 nitrogen and oxygen atoms in total. The molecule has 0 spiro atoms. The lowest BCUT2D eigenvalue weighted by Crippen LogP contribution is -2.40. The van der Waals surface area contributed by atoms with Gasteiger partial charge in [0.2, 0.25) is 0 Å². The van der Waals surface area contributed by atoms with Gasteiger partial charge in [-0.3, -0.25) is 9.67 Å². The fourth-order valence-corrected chi connectivity index (χ4v) is 3.74. The van der Waals surface area contributed by atoms with Crippen LogP contribution in [0.4, 0.5) is 0 Å². The van der Waals surface area contributed by atoms with Crippen molar-refractivity contribution in [3.8, 4) is 0 Å². The van der Waals surface area contributed by atoms with E-state index in [1.165, 1.54) is 37.7 Å². The molecule has 1 atom stereocenters. The highest BCUT2D eigenvalue weighted by Gasteiger charge is 2.26. The third-order valence-electron chi connectivity index (χ3n) is 5.10. The molecular formula is C19H32IN5. The molecule has 0 bridgehead atoms. The monoisotopic (exact) mass is 457 g/mol. The Bertz CT molecular complexity index is 592. The summed E-state index contributed by atoms with van der Waals surface area (Å²) in [4.78, 5) is 7.31. The molecule has 0 amide bonds. The number of guanidine groups is 1. The molecule has 0 aromatic carbocycles. The van der Waals surface area contributed by atoms with Crippen LogP contribution in [0, 0.1) is 0 Å². The molecule has 1 aliphatic carbocycles. The van der Waals surface area contributed by atoms with Gasteiger partial charge in [-0.15, -0.1) is 24.0 Å². The van der Waals surface area contributed by atoms with Crippen LogP contribution in [0.25, 0.3) is 0 Å². The molecule has 1 fully saturated rings. The van der Waals surface area contributed by atoms with Gasteiger partial charge in [-0.25, -0.2) is 0 Å². The van der Waals surface area contributed by atoms with Gasteiger partial charge in [0.25, 0.3) is 0 Å². The number of aliphatic imine (C=N–C) groups is 1. The highest BCUT2D eigenvalue weighted by molar-refractivity contribution is 14.0. The smallest absolute Gasteiger partial charge is 0.193 e. The molecule has 25 heavy (non-hydrogen) atoms. The van der Waals surface area contributed by atoms with E-state index in [0.717, 1.165) is 38.6 Å². The van der Waals surface area contributed by atoms with Gasteiger partial charge in [-0.05, 0) is 51.0 Å². The second-order valence-electron chi connectivity index (χ2n) is 6.97. The normalized spacial score (nSPS) is 21.0. The van der Waals surface area contributed by atoms with Crippen LogP contribution in [0.2, 0.25) is 0 Å². The van der Waals surface area contributed by atoms with E-state index in [2.05, 4.69) is 34.5 Å². The van der Waals surface area contributed by atoms with Crippen LogP contribution in [-0.2, 0) is 7.05 Å². The third kappa shape index (κ3) is 5.72. The number of aryl methyl sites for hydroxylation is 1. The lowest BCUT2D eigenvalue weighted by atomic mass is 9.97. The van der Waals surface area contributed by atoms with Crippen LogP contribution < -0.4 is 5.32 Å². The van der Waals surface area contributed by atoms with Crippen LogP contribution in [-0.4, -0.2) is 46.8 Å². The van der Waals surface area contributed by atoms with Crippen molar-refractivity contribution in [2.75, 3.05) is 26.2 Å². The Kier molecular flexibility index (Phi) is 8.26. The lowest BCUT2D eigenvalue weighted by Gasteiger charge is -2.22. The zero-order valence-electron chi connectivity index (χ0n) is 15.6. The number of nitrogens with one attached hydrogen (secondary N) is 1. The van der Waals surface area contributed by atoms with Gasteiger partial charge in [0.05, 0.1) is 6.20 Å². The minimum atomic E-state index is 0. The zero-order chi connectivity index (χ0) is 16.8. The first-order chi connectivity index (χ1) is 11.8. The number of rotatable bonds is 5. The Hall–Kier alpha value is -1.05. The molecule has 1 aliphatic heterocycles. The summed E-state index contributed by atoms with van der Waals surface area (Å²) < 4.78 is 1.90. The summed E-state index contributed by atoms with van der Waals surface area (Å²) >= 11 is 0. The Morgan fingerprint density at radius 2 is 2.28 bits per heavy atom. The van der Waals surface area contributed by atoms with E-state index in [9.17, 15) is 0 Å². The topological polar surface area (TPSA) is 45.5 Å². The summed E-state index contributed by atoms with van der Waals surface area (Å²) in [5, 5.41) is 7.79. The summed E-state index contributed by atoms with van der Waals surface area (Å²) in [6.07, 6.45) is 14.1. The van der Waals surface area contributed by atoms with E-state index in [0.29, 0.717) is 5.92 Å². The molecule has 1 unspecified atom stereocenters. The first-order valence-electron chi connectivity index (χ1n) is 9.46. The van der Waals surface area contributed by atoms with Crippen LogP contribution in [0.1, 0.15) is 56.9 Å². The summed E-state index contributed by atoms with van der Waals surface area (Å²) in [7, 11) is 1.99. The van der Waals surface area contributed by atoms with Crippen molar-refractivity contribution in [2.24, 2.45) is 12.0 Å². The lowest BCUT2D eigenvalue weighted by molar-refractivity contribution is 0.486. The van der Waals surface area contributed by atoms with Crippen molar-refractivity contribution in [1.82, 2.24) is 20.0 Å². The number of hydrogen-bond donors (Lipinski definition) is 1. The number of hydrogen-bond acceptors (Lipinski definition) is 2. The van der Waals surface area contributed by atoms with E-state index in [-0.39, 0.29) is 24.0 Å². The predicted octanol–water partition coefficient (Wildman–Crippen LogP) is 3.68. The average Bonchev–Trinajstić information content (AvgIpc) is 3.24. The van der Waals surface area contributed by atoms with Crippen molar-refractivity contribution < 1.29 is 0 Å². The number of allylic oxidation sites excluding steroid dienone is 1. The highest BCUT2D eigenvalue weighted by atomic mass is 127. The minimum absolute atomic E-state index is 0. The van der Waals surface area contributed by atoms with Crippen molar-refractivity contribution in [3.05, 3.63) is 29.6 Å². The largest absolute Gasteiger partial charge is 0.357 e. The van der Waals surface area contributed by atoms with Gasteiger partial charge in [-0.2, -0.15) is 5.10 Å². The van der Waals surface area contributed by atoms with Crippen LogP contribution in [0.15, 0.2) is 29.0 Å². The quantitative estimate of drug-likeness (QED) is 0.318. The van der Waals surface area contributed by atoms with E-state index in [4.69, 9.17) is 4.99 Å². The number of halogens is 1. The van der Waals surface area contributed by atoms with Crippen LogP contribution in [0.3, 0.4) is 0 Å². The van der Waals surface area contributed by atoms with Gasteiger partial charge < -0.3 is 10.2 Å². The van der Waals surface area contributed by atoms with Gasteiger partial charge in [0.1, 0.15) is 0 Å². The molecule has 0 radical (unpaired) electrons. The fraction of sp³-hybridized carbons (Fsp3) is 0.684. The molecule has 1 saturated heterocycles. The minimum Gasteiger partial charge on any atom is -0.357 e. The van der Waals surface area contributed by atoms with Gasteiger partial charge in [0.15, 0.2) is 5.96 Å². The second-order valence-corrected chi connectivity index (χ2v) is 6.97. The standard InChI is InChI=1S/C19H31N5.HI/c1-3-20-19(21-11-9-16-7-5-4-6-8-16)24-12-10-17(15-24)18-13-22-23(2)14-18;/h7,13-14,17H,3-6,8-12,15H2,1-2H3,(H,20,21);1H. The highest BCUT2D eigenvalue weighted by Crippen LogP contribution is 2.26. The van der Waals surface area contributed by atoms with Crippen LogP contribution >= 0.6 is 24.0 Å². The summed E-state index contributed by atoms with van der Waals surface area (Å²) in [5.41, 5.74) is 2.96. The number of nitrogens with zero attached hydrogens (tertiary/aromatic N) is 4. The van der Waals surface area contributed by atoms with Crippen molar-refractivity contribution in [3.63, 3.8) is 0 Å². The Morgan fingerprint density at radius 3 is 2.96 bits per heavy atom. The molecule has 1 aromatic rings. The third-order valence-corrected chi connectivity index (χ3v) is 5.10. The molecule has 2 heterocycles. The second kappa shape index (κ2) is 10.2. The maximum atomic E-state index is 4.89. The van der Waals surface area contributed by atoms with Gasteiger partial charge >= 0.3 is 0 Å². The Morgan fingerprint density at radius 1 is 1.40 bits per heavy atom. The maximum absolute atomic E-state index is 4.89. The molecule has 6 heteroatoms. The molecule has 3 rings (SSSR count). The van der Waals surface area contributed by atoms with E-state index in [1.807, 2.05) is 17.9 Å². The Balaban J connectivity index is 0.00000225. The number of likely N-dealkylation sites (tertiary alicyclic amines) is 1. The molecular weight excluding hydrogens is 425 g/mol. The molecule has 1 aromatic heterocycles. The van der Waals surface area contributed by atoms with Gasteiger partial charge in [-0.1, -0.05) is 11.6 Å². The molecule has 1 N–H and O–H groups in total. The average molecular weight is 457 g/mol. The van der Waals surface area contributed by atoms with Crippen molar-refractivity contribution >= 4 is 29.9 Å². The molecule has 2 aliphatic rings. The fourth-order valence-electron chi connectivity index (χ4n) is 3.74. The SMILES string of the molecule is CCNC(=NCCC1=CCCCC1)N1CCC(c2cnn(C)c2)C1.I. The van der Waals surface area contributed by atoms with E-state index in [1.54, 1.807) is 5.57 Å². The summed E-state index contributed by atoms with van der Waals surface area (Å²) in [6.45, 7) is 6.10. The van der Waals surface area contributed by atoms with E-state index < -0.39 is 0 Å².